The first-order valence-electron chi connectivity index (χ1n) is 8.26. The molecule has 8 nitrogen and oxygen atoms in total. The summed E-state index contributed by atoms with van der Waals surface area (Å²) in [5.74, 6) is -0.232. The summed E-state index contributed by atoms with van der Waals surface area (Å²) in [4.78, 5) is 22.8. The lowest BCUT2D eigenvalue weighted by atomic mass is 9.81. The summed E-state index contributed by atoms with van der Waals surface area (Å²) in [5, 5.41) is 21.4. The van der Waals surface area contributed by atoms with Crippen LogP contribution in [0, 0.1) is 15.5 Å². The highest BCUT2D eigenvalue weighted by Crippen LogP contribution is 2.26. The Morgan fingerprint density at radius 2 is 2.16 bits per heavy atom. The molecule has 0 radical (unpaired) electrons. The lowest BCUT2D eigenvalue weighted by Gasteiger charge is -2.34. The monoisotopic (exact) mass is 343 g/mol. The Morgan fingerprint density at radius 3 is 2.88 bits per heavy atom. The Balaban J connectivity index is 1.67. The minimum Gasteiger partial charge on any atom is -0.350 e. The Kier molecular flexibility index (Phi) is 4.80. The van der Waals surface area contributed by atoms with Gasteiger partial charge in [-0.2, -0.15) is 5.10 Å². The number of rotatable bonds is 5. The van der Waals surface area contributed by atoms with E-state index in [1.54, 1.807) is 24.4 Å². The van der Waals surface area contributed by atoms with Crippen molar-refractivity contribution < 1.29 is 9.72 Å². The fraction of sp³-hybridized carbons (Fsp3) is 0.412. The van der Waals surface area contributed by atoms with Crippen molar-refractivity contribution in [2.24, 2.45) is 5.41 Å². The first-order chi connectivity index (χ1) is 12.0. The van der Waals surface area contributed by atoms with E-state index in [0.717, 1.165) is 25.9 Å². The van der Waals surface area contributed by atoms with Crippen LogP contribution in [-0.2, 0) is 0 Å². The number of carbonyl (C=O) groups is 1. The molecule has 1 fully saturated rings. The van der Waals surface area contributed by atoms with Crippen LogP contribution in [0.25, 0.3) is 5.69 Å². The largest absolute Gasteiger partial charge is 0.350 e. The molecule has 0 atom stereocenters. The second kappa shape index (κ2) is 7.02. The van der Waals surface area contributed by atoms with E-state index in [2.05, 4.69) is 22.7 Å². The molecule has 2 N–H and O–H groups in total. The first kappa shape index (κ1) is 17.1. The average Bonchev–Trinajstić information content (AvgIpc) is 3.11. The maximum atomic E-state index is 12.3. The second-order valence-corrected chi connectivity index (χ2v) is 6.67. The van der Waals surface area contributed by atoms with Crippen molar-refractivity contribution in [1.29, 1.82) is 0 Å². The van der Waals surface area contributed by atoms with E-state index in [1.165, 1.54) is 16.8 Å². The SMILES string of the molecule is CC1(CNC(=O)c2ccn(-c3cccc([N+](=O)[O-])c3)n2)CCNCC1. The zero-order valence-electron chi connectivity index (χ0n) is 14.1. The topological polar surface area (TPSA) is 102 Å². The predicted molar refractivity (Wildman–Crippen MR) is 92.8 cm³/mol. The van der Waals surface area contributed by atoms with Gasteiger partial charge in [-0.15, -0.1) is 0 Å². The quantitative estimate of drug-likeness (QED) is 0.638. The molecule has 1 amide bonds. The minimum absolute atomic E-state index is 0.0159. The van der Waals surface area contributed by atoms with E-state index in [1.807, 2.05) is 0 Å². The van der Waals surface area contributed by atoms with E-state index < -0.39 is 4.92 Å². The molecule has 1 aromatic carbocycles. The van der Waals surface area contributed by atoms with Gasteiger partial charge in [-0.05, 0) is 43.5 Å². The lowest BCUT2D eigenvalue weighted by molar-refractivity contribution is -0.384. The van der Waals surface area contributed by atoms with Crippen LogP contribution in [-0.4, -0.2) is 40.2 Å². The molecule has 3 rings (SSSR count). The minimum atomic E-state index is -0.458. The van der Waals surface area contributed by atoms with Gasteiger partial charge in [0.25, 0.3) is 11.6 Å². The molecule has 0 aliphatic carbocycles. The Hall–Kier alpha value is -2.74. The van der Waals surface area contributed by atoms with Crippen molar-refractivity contribution in [2.45, 2.75) is 19.8 Å². The number of aromatic nitrogens is 2. The third kappa shape index (κ3) is 4.03. The zero-order chi connectivity index (χ0) is 17.9. The first-order valence-corrected chi connectivity index (χ1v) is 8.26. The number of carbonyl (C=O) groups excluding carboxylic acids is 1. The standard InChI is InChI=1S/C17H21N5O3/c1-17(6-8-18-9-7-17)12-19-16(23)15-5-10-21(20-15)13-3-2-4-14(11-13)22(24)25/h2-5,10-11,18H,6-9,12H2,1H3,(H,19,23). The Labute approximate surface area is 145 Å². The molecule has 1 aromatic heterocycles. The van der Waals surface area contributed by atoms with Crippen LogP contribution in [0.4, 0.5) is 5.69 Å². The Bertz CT molecular complexity index is 780. The second-order valence-electron chi connectivity index (χ2n) is 6.67. The predicted octanol–water partition coefficient (Wildman–Crippen LogP) is 1.90. The van der Waals surface area contributed by atoms with Crippen molar-refractivity contribution in [3.8, 4) is 5.69 Å². The number of amides is 1. The third-order valence-electron chi connectivity index (χ3n) is 4.61. The van der Waals surface area contributed by atoms with Crippen LogP contribution in [0.1, 0.15) is 30.3 Å². The molecule has 0 bridgehead atoms. The van der Waals surface area contributed by atoms with Gasteiger partial charge < -0.3 is 10.6 Å². The molecular formula is C17H21N5O3. The number of benzene rings is 1. The summed E-state index contributed by atoms with van der Waals surface area (Å²) in [6.07, 6.45) is 3.67. The number of non-ortho nitro benzene ring substituents is 1. The smallest absolute Gasteiger partial charge is 0.271 e. The summed E-state index contributed by atoms with van der Waals surface area (Å²) < 4.78 is 1.47. The fourth-order valence-corrected chi connectivity index (χ4v) is 2.93. The van der Waals surface area contributed by atoms with Gasteiger partial charge in [-0.3, -0.25) is 14.9 Å². The van der Waals surface area contributed by atoms with Crippen LogP contribution < -0.4 is 10.6 Å². The van der Waals surface area contributed by atoms with Crippen molar-refractivity contribution in [1.82, 2.24) is 20.4 Å². The van der Waals surface area contributed by atoms with Gasteiger partial charge in [-0.1, -0.05) is 13.0 Å². The molecule has 1 aliphatic heterocycles. The molecule has 0 saturated carbocycles. The molecule has 25 heavy (non-hydrogen) atoms. The maximum absolute atomic E-state index is 12.3. The number of nitrogens with one attached hydrogen (secondary N) is 2. The molecule has 0 unspecified atom stereocenters. The highest BCUT2D eigenvalue weighted by molar-refractivity contribution is 5.92. The summed E-state index contributed by atoms with van der Waals surface area (Å²) in [5.41, 5.74) is 0.921. The van der Waals surface area contributed by atoms with Gasteiger partial charge >= 0.3 is 0 Å². The maximum Gasteiger partial charge on any atom is 0.271 e. The van der Waals surface area contributed by atoms with Gasteiger partial charge in [0.2, 0.25) is 0 Å². The highest BCUT2D eigenvalue weighted by atomic mass is 16.6. The summed E-state index contributed by atoms with van der Waals surface area (Å²) >= 11 is 0. The van der Waals surface area contributed by atoms with Gasteiger partial charge in [0.05, 0.1) is 10.6 Å². The van der Waals surface area contributed by atoms with Crippen molar-refractivity contribution in [2.75, 3.05) is 19.6 Å². The normalized spacial score (nSPS) is 16.4. The van der Waals surface area contributed by atoms with E-state index in [9.17, 15) is 14.9 Å². The van der Waals surface area contributed by atoms with Crippen LogP contribution >= 0.6 is 0 Å². The molecular weight excluding hydrogens is 322 g/mol. The molecule has 0 spiro atoms. The molecule has 8 heteroatoms. The summed E-state index contributed by atoms with van der Waals surface area (Å²) in [6.45, 7) is 4.72. The third-order valence-corrected chi connectivity index (χ3v) is 4.61. The summed E-state index contributed by atoms with van der Waals surface area (Å²) in [6, 6.07) is 7.74. The molecule has 132 valence electrons. The van der Waals surface area contributed by atoms with Crippen LogP contribution in [0.3, 0.4) is 0 Å². The van der Waals surface area contributed by atoms with Gasteiger partial charge in [-0.25, -0.2) is 4.68 Å². The molecule has 1 saturated heterocycles. The average molecular weight is 343 g/mol. The number of hydrogen-bond donors (Lipinski definition) is 2. The molecule has 1 aliphatic rings. The van der Waals surface area contributed by atoms with Crippen molar-refractivity contribution in [3.05, 3.63) is 52.3 Å². The number of piperidine rings is 1. The Morgan fingerprint density at radius 1 is 1.40 bits per heavy atom. The highest BCUT2D eigenvalue weighted by Gasteiger charge is 2.27. The van der Waals surface area contributed by atoms with Crippen LogP contribution in [0.2, 0.25) is 0 Å². The van der Waals surface area contributed by atoms with E-state index in [4.69, 9.17) is 0 Å². The van der Waals surface area contributed by atoms with Gasteiger partial charge in [0.1, 0.15) is 0 Å². The van der Waals surface area contributed by atoms with Gasteiger partial charge in [0, 0.05) is 24.9 Å². The zero-order valence-corrected chi connectivity index (χ0v) is 14.1. The van der Waals surface area contributed by atoms with Gasteiger partial charge in [0.15, 0.2) is 5.69 Å². The van der Waals surface area contributed by atoms with Crippen LogP contribution in [0.5, 0.6) is 0 Å². The van der Waals surface area contributed by atoms with Crippen molar-refractivity contribution in [3.63, 3.8) is 0 Å². The number of hydrogen-bond acceptors (Lipinski definition) is 5. The number of nitro groups is 1. The fourth-order valence-electron chi connectivity index (χ4n) is 2.93. The van der Waals surface area contributed by atoms with E-state index in [0.29, 0.717) is 17.9 Å². The van der Waals surface area contributed by atoms with E-state index in [-0.39, 0.29) is 17.0 Å². The van der Waals surface area contributed by atoms with Crippen LogP contribution in [0.15, 0.2) is 36.5 Å². The summed E-state index contributed by atoms with van der Waals surface area (Å²) in [7, 11) is 0. The molecule has 2 heterocycles. The number of nitro benzene ring substituents is 1. The number of nitrogens with zero attached hydrogens (tertiary/aromatic N) is 3. The lowest BCUT2D eigenvalue weighted by Crippen LogP contribution is -2.43. The van der Waals surface area contributed by atoms with Crippen molar-refractivity contribution >= 4 is 11.6 Å². The van der Waals surface area contributed by atoms with E-state index >= 15 is 0 Å². The molecule has 2 aromatic rings.